The zero-order valence-electron chi connectivity index (χ0n) is 17.3. The third-order valence-corrected chi connectivity index (χ3v) is 5.87. The van der Waals surface area contributed by atoms with Crippen molar-refractivity contribution in [2.45, 2.75) is 44.6 Å². The van der Waals surface area contributed by atoms with Gasteiger partial charge in [-0.15, -0.1) is 0 Å². The van der Waals surface area contributed by atoms with Crippen LogP contribution in [0.5, 0.6) is 0 Å². The fourth-order valence-electron chi connectivity index (χ4n) is 4.00. The summed E-state index contributed by atoms with van der Waals surface area (Å²) < 4.78 is 4.70. The number of amides is 4. The van der Waals surface area contributed by atoms with Crippen LogP contribution in [0.15, 0.2) is 30.3 Å². The molecule has 0 saturated carbocycles. The maximum absolute atomic E-state index is 12.6. The summed E-state index contributed by atoms with van der Waals surface area (Å²) >= 11 is 0. The van der Waals surface area contributed by atoms with Crippen molar-refractivity contribution in [3.8, 4) is 0 Å². The zero-order chi connectivity index (χ0) is 21.5. The molecule has 2 fully saturated rings. The second kappa shape index (κ2) is 10.2. The van der Waals surface area contributed by atoms with E-state index in [0.717, 1.165) is 18.4 Å². The average Bonchev–Trinajstić information content (AvgIpc) is 3.04. The number of nitrogens with one attached hydrogen (secondary N) is 1. The molecule has 30 heavy (non-hydrogen) atoms. The van der Waals surface area contributed by atoms with Crippen molar-refractivity contribution < 1.29 is 23.9 Å². The van der Waals surface area contributed by atoms with Gasteiger partial charge in [0.1, 0.15) is 6.04 Å². The van der Waals surface area contributed by atoms with Crippen LogP contribution in [-0.4, -0.2) is 66.4 Å². The Morgan fingerprint density at radius 3 is 2.50 bits per heavy atom. The number of hydrogen-bond donors (Lipinski definition) is 1. The molecule has 0 spiro atoms. The highest BCUT2D eigenvalue weighted by atomic mass is 16.5. The van der Waals surface area contributed by atoms with Gasteiger partial charge in [0.05, 0.1) is 7.11 Å². The highest BCUT2D eigenvalue weighted by Gasteiger charge is 2.38. The minimum Gasteiger partial charge on any atom is -0.469 e. The molecule has 3 rings (SSSR count). The molecule has 1 aromatic carbocycles. The molecular formula is C22H29N3O5. The predicted octanol–water partition coefficient (Wildman–Crippen LogP) is 1.73. The van der Waals surface area contributed by atoms with Gasteiger partial charge in [0, 0.05) is 32.5 Å². The molecule has 1 aromatic rings. The van der Waals surface area contributed by atoms with Gasteiger partial charge >= 0.3 is 12.0 Å². The van der Waals surface area contributed by atoms with Crippen LogP contribution in [0.25, 0.3) is 0 Å². The fourth-order valence-corrected chi connectivity index (χ4v) is 4.00. The maximum atomic E-state index is 12.6. The summed E-state index contributed by atoms with van der Waals surface area (Å²) in [5.74, 6) is -0.251. The average molecular weight is 415 g/mol. The molecule has 1 atom stereocenters. The van der Waals surface area contributed by atoms with Gasteiger partial charge in [-0.05, 0) is 37.2 Å². The number of likely N-dealkylation sites (tertiary alicyclic amines) is 1. The number of ether oxygens (including phenoxy) is 1. The summed E-state index contributed by atoms with van der Waals surface area (Å²) in [6.07, 6.45) is 3.05. The first-order valence-corrected chi connectivity index (χ1v) is 10.5. The molecule has 2 aliphatic heterocycles. The molecule has 0 bridgehead atoms. The van der Waals surface area contributed by atoms with Crippen LogP contribution in [0.1, 0.15) is 37.7 Å². The van der Waals surface area contributed by atoms with Crippen LogP contribution in [-0.2, 0) is 25.5 Å². The summed E-state index contributed by atoms with van der Waals surface area (Å²) in [5, 5.41) is 2.70. The molecule has 1 unspecified atom stereocenters. The van der Waals surface area contributed by atoms with E-state index in [4.69, 9.17) is 4.74 Å². The van der Waals surface area contributed by atoms with Gasteiger partial charge in [0.25, 0.3) is 5.91 Å². The Morgan fingerprint density at radius 1 is 1.13 bits per heavy atom. The molecule has 4 amide bonds. The molecule has 162 valence electrons. The summed E-state index contributed by atoms with van der Waals surface area (Å²) in [7, 11) is 1.38. The Hall–Kier alpha value is -2.90. The smallest absolute Gasteiger partial charge is 0.324 e. The first kappa shape index (κ1) is 21.8. The second-order valence-corrected chi connectivity index (χ2v) is 7.87. The Labute approximate surface area is 176 Å². The Morgan fingerprint density at radius 2 is 1.83 bits per heavy atom. The number of carbonyl (C=O) groups excluding carboxylic acids is 4. The summed E-state index contributed by atoms with van der Waals surface area (Å²) in [4.78, 5) is 51.7. The van der Waals surface area contributed by atoms with Gasteiger partial charge in [-0.2, -0.15) is 0 Å². The van der Waals surface area contributed by atoms with E-state index in [2.05, 4.69) is 5.32 Å². The summed E-state index contributed by atoms with van der Waals surface area (Å²) in [6, 6.07) is 8.66. The van der Waals surface area contributed by atoms with Crippen molar-refractivity contribution in [3.63, 3.8) is 0 Å². The second-order valence-electron chi connectivity index (χ2n) is 7.87. The van der Waals surface area contributed by atoms with E-state index >= 15 is 0 Å². The van der Waals surface area contributed by atoms with Crippen molar-refractivity contribution in [3.05, 3.63) is 35.9 Å². The number of carbonyl (C=O) groups is 4. The number of benzene rings is 1. The van der Waals surface area contributed by atoms with Gasteiger partial charge in [-0.25, -0.2) is 4.79 Å². The van der Waals surface area contributed by atoms with Crippen molar-refractivity contribution in [2.24, 2.45) is 5.92 Å². The Kier molecular flexibility index (Phi) is 7.43. The molecule has 0 radical (unpaired) electrons. The Bertz CT molecular complexity index is 774. The molecule has 2 aliphatic rings. The van der Waals surface area contributed by atoms with Gasteiger partial charge in [-0.1, -0.05) is 30.3 Å². The van der Waals surface area contributed by atoms with Gasteiger partial charge < -0.3 is 15.0 Å². The van der Waals surface area contributed by atoms with Crippen LogP contribution < -0.4 is 5.32 Å². The van der Waals surface area contributed by atoms with Crippen LogP contribution in [0.2, 0.25) is 0 Å². The number of imide groups is 1. The molecule has 8 nitrogen and oxygen atoms in total. The molecular weight excluding hydrogens is 386 g/mol. The third kappa shape index (κ3) is 5.58. The standard InChI is InChI=1S/C22H29N3O5/c1-30-20(27)15-17-9-12-24(13-10-17)19(26)8-7-18-21(28)25(22(29)23-18)14-11-16-5-3-2-4-6-16/h2-6,17-18H,7-15H2,1H3,(H,23,29). The van der Waals surface area contributed by atoms with E-state index in [1.807, 2.05) is 30.3 Å². The number of nitrogens with zero attached hydrogens (tertiary/aromatic N) is 2. The largest absolute Gasteiger partial charge is 0.469 e. The molecule has 8 heteroatoms. The van der Waals surface area contributed by atoms with E-state index in [0.29, 0.717) is 38.9 Å². The van der Waals surface area contributed by atoms with E-state index in [1.54, 1.807) is 4.90 Å². The SMILES string of the molecule is COC(=O)CC1CCN(C(=O)CCC2NC(=O)N(CCc3ccccc3)C2=O)CC1. The van der Waals surface area contributed by atoms with Gasteiger partial charge in [0.2, 0.25) is 5.91 Å². The molecule has 2 saturated heterocycles. The van der Waals surface area contributed by atoms with Crippen molar-refractivity contribution in [1.29, 1.82) is 0 Å². The number of esters is 1. The lowest BCUT2D eigenvalue weighted by atomic mass is 9.93. The maximum Gasteiger partial charge on any atom is 0.324 e. The molecule has 0 aliphatic carbocycles. The molecule has 0 aromatic heterocycles. The molecule has 1 N–H and O–H groups in total. The summed E-state index contributed by atoms with van der Waals surface area (Å²) in [6.45, 7) is 1.54. The Balaban J connectivity index is 1.41. The lowest BCUT2D eigenvalue weighted by molar-refractivity contribution is -0.142. The first-order valence-electron chi connectivity index (χ1n) is 10.5. The number of urea groups is 1. The fraction of sp³-hybridized carbons (Fsp3) is 0.545. The van der Waals surface area contributed by atoms with Crippen molar-refractivity contribution in [1.82, 2.24) is 15.1 Å². The van der Waals surface area contributed by atoms with E-state index in [-0.39, 0.29) is 30.1 Å². The number of rotatable bonds is 8. The monoisotopic (exact) mass is 415 g/mol. The highest BCUT2D eigenvalue weighted by Crippen LogP contribution is 2.22. The van der Waals surface area contributed by atoms with Crippen LogP contribution >= 0.6 is 0 Å². The molecule has 2 heterocycles. The van der Waals surface area contributed by atoms with Crippen molar-refractivity contribution in [2.75, 3.05) is 26.7 Å². The van der Waals surface area contributed by atoms with Crippen LogP contribution in [0.4, 0.5) is 4.79 Å². The van der Waals surface area contributed by atoms with Crippen molar-refractivity contribution >= 4 is 23.8 Å². The zero-order valence-corrected chi connectivity index (χ0v) is 17.3. The minimum atomic E-state index is -0.644. The highest BCUT2D eigenvalue weighted by molar-refractivity contribution is 6.04. The first-order chi connectivity index (χ1) is 14.5. The predicted molar refractivity (Wildman–Crippen MR) is 109 cm³/mol. The number of piperidine rings is 1. The van der Waals surface area contributed by atoms with Crippen LogP contribution in [0, 0.1) is 5.92 Å². The van der Waals surface area contributed by atoms with E-state index in [9.17, 15) is 19.2 Å². The topological polar surface area (TPSA) is 96.0 Å². The number of hydrogen-bond acceptors (Lipinski definition) is 5. The van der Waals surface area contributed by atoms with Gasteiger partial charge in [0.15, 0.2) is 0 Å². The van der Waals surface area contributed by atoms with Crippen LogP contribution in [0.3, 0.4) is 0 Å². The number of methoxy groups -OCH3 is 1. The lowest BCUT2D eigenvalue weighted by Gasteiger charge is -2.31. The van der Waals surface area contributed by atoms with Gasteiger partial charge in [-0.3, -0.25) is 19.3 Å². The quantitative estimate of drug-likeness (QED) is 0.515. The lowest BCUT2D eigenvalue weighted by Crippen LogP contribution is -2.40. The third-order valence-electron chi connectivity index (χ3n) is 5.87. The normalized spacial score (nSPS) is 19.7. The van der Waals surface area contributed by atoms with E-state index < -0.39 is 12.1 Å². The minimum absolute atomic E-state index is 0.0173. The van der Waals surface area contributed by atoms with E-state index in [1.165, 1.54) is 12.0 Å². The summed E-state index contributed by atoms with van der Waals surface area (Å²) in [5.41, 5.74) is 1.06.